The molecule has 3 rings (SSSR count). The lowest BCUT2D eigenvalue weighted by Gasteiger charge is -2.47. The second-order valence-corrected chi connectivity index (χ2v) is 49.9. The van der Waals surface area contributed by atoms with E-state index in [0.717, 1.165) is 123 Å². The molecular weight excluding hydrogens is 1790 g/mol. The summed E-state index contributed by atoms with van der Waals surface area (Å²) in [5.41, 5.74) is 4.11. The standard InChI is InChI=1S/C17H32N2O4.C15H31N3O2.C15H30N2O2.C13H25NO.C12H25NO.2C11H21NO.2C10H21NO.CH4/c1-10(2)14(18-11(3)4)16(23)19-12(8-9-13(20)21)15(22)17(5,6)7;1-11(2)15(20)13(7-5-6-9-16)18-14(19)8-10-17-12(3)4;1-9(2)12(16-10(3)4)14(19)17-11(5)13(18)15(6,7)8;1-10(2)14-8-6-11(7-9-14)12(15)13(3,4)5;1-10(2)13-9-7-6-8-11(14)12(3,4)5;1-8(2)10(13)9-6-12(7-9)11(3,4)5;1-8(2)11(13)10-5-6-12(7-10)9(3)4;1-8(2)11-7-6-9(12)10(3,4)5;1-8(2)10(12)6-5-7-11-9(3)4;/h10-12,14,18H,8-9H2,1-7H3,(H,19,23)(H,20,21);11-13,17H,5-10,16H2,1-4H3,(H,18,19);9-12,16H,1-8H3,(H,17,19);10-11H,6-9H2,1-5H3;10,13H,6-9H2,1-5H3;8-9H,6-7H2,1-5H3;8-10H,5-7H2,1-4H3;8,11H,6-7H2,1-5H3;8-9,11H,5-7H2,1-4H3;1H4/t12-,14-;13-;11-,12-;;;;;;;/m000......./s1. The quantitative estimate of drug-likeness (QED) is 0.0252. The van der Waals surface area contributed by atoms with Crippen molar-refractivity contribution in [3.05, 3.63) is 0 Å². The van der Waals surface area contributed by atoms with Crippen LogP contribution in [-0.2, 0) is 62.3 Å². The first-order valence-corrected chi connectivity index (χ1v) is 54.4. The van der Waals surface area contributed by atoms with Gasteiger partial charge in [-0.25, -0.2) is 0 Å². The number of piperidine rings is 1. The molecule has 3 aliphatic heterocycles. The monoisotopic (exact) mass is 2020 g/mol. The van der Waals surface area contributed by atoms with Gasteiger partial charge in [0, 0.05) is 187 Å². The number of amides is 3. The number of carbonyl (C=O) groups is 13. The summed E-state index contributed by atoms with van der Waals surface area (Å²) in [7, 11) is 0. The highest BCUT2D eigenvalue weighted by Gasteiger charge is 2.40. The van der Waals surface area contributed by atoms with Crippen molar-refractivity contribution in [2.75, 3.05) is 72.0 Å². The summed E-state index contributed by atoms with van der Waals surface area (Å²) in [5.74, 6) is 2.70. The lowest BCUT2D eigenvalue weighted by molar-refractivity contribution is -0.139. The van der Waals surface area contributed by atoms with Crippen LogP contribution in [0.15, 0.2) is 0 Å². The van der Waals surface area contributed by atoms with E-state index in [2.05, 4.69) is 153 Å². The maximum atomic E-state index is 12.5. The van der Waals surface area contributed by atoms with Crippen LogP contribution in [0.2, 0.25) is 0 Å². The molecule has 0 aromatic rings. The van der Waals surface area contributed by atoms with E-state index in [9.17, 15) is 62.3 Å². The number of nitrogens with one attached hydrogen (secondary N) is 9. The summed E-state index contributed by atoms with van der Waals surface area (Å²) in [5, 5.41) is 36.8. The zero-order chi connectivity index (χ0) is 112. The van der Waals surface area contributed by atoms with E-state index in [1.54, 1.807) is 27.7 Å². The van der Waals surface area contributed by atoms with Gasteiger partial charge in [0.1, 0.15) is 34.7 Å². The fourth-order valence-corrected chi connectivity index (χ4v) is 15.0. The number of nitrogens with zero attached hydrogens (tertiary/aromatic N) is 3. The molecule has 12 N–H and O–H groups in total. The number of carboxylic acids is 1. The molecule has 27 nitrogen and oxygen atoms in total. The number of rotatable bonds is 49. The van der Waals surface area contributed by atoms with Crippen molar-refractivity contribution in [2.24, 2.45) is 86.1 Å². The molecule has 27 heteroatoms. The van der Waals surface area contributed by atoms with Gasteiger partial charge in [0.2, 0.25) is 17.7 Å². The zero-order valence-electron chi connectivity index (χ0n) is 99.8. The maximum Gasteiger partial charge on any atom is 0.303 e. The second-order valence-electron chi connectivity index (χ2n) is 49.9. The van der Waals surface area contributed by atoms with Crippen molar-refractivity contribution in [3.63, 3.8) is 0 Å². The van der Waals surface area contributed by atoms with Crippen LogP contribution in [-0.4, -0.2) is 252 Å². The highest BCUT2D eigenvalue weighted by atomic mass is 16.4. The smallest absolute Gasteiger partial charge is 0.303 e. The molecule has 6 atom stereocenters. The summed E-state index contributed by atoms with van der Waals surface area (Å²) >= 11 is 0. The molecule has 0 spiro atoms. The molecule has 0 bridgehead atoms. The molecule has 3 fully saturated rings. The number of carbonyl (C=O) groups excluding carboxylic acids is 12. The average molecular weight is 2020 g/mol. The molecule has 0 saturated carbocycles. The predicted molar refractivity (Wildman–Crippen MR) is 597 cm³/mol. The van der Waals surface area contributed by atoms with Gasteiger partial charge >= 0.3 is 5.97 Å². The third-order valence-electron chi connectivity index (χ3n) is 24.4. The summed E-state index contributed by atoms with van der Waals surface area (Å²) < 4.78 is 0. The summed E-state index contributed by atoms with van der Waals surface area (Å²) in [6, 6.07) is 1.18. The van der Waals surface area contributed by atoms with Gasteiger partial charge in [-0.15, -0.1) is 0 Å². The predicted octanol–water partition coefficient (Wildman–Crippen LogP) is 19.3. The summed E-state index contributed by atoms with van der Waals surface area (Å²) in [6.45, 7) is 104. The average Bonchev–Trinajstić information content (AvgIpc) is 0.850. The summed E-state index contributed by atoms with van der Waals surface area (Å²) in [6.07, 6.45) is 11.1. The van der Waals surface area contributed by atoms with Crippen molar-refractivity contribution in [2.45, 2.75) is 513 Å². The molecule has 0 aromatic heterocycles. The van der Waals surface area contributed by atoms with Crippen molar-refractivity contribution in [1.29, 1.82) is 0 Å². The number of nitrogens with two attached hydrogens (primary N) is 1. The Morgan fingerprint density at radius 2 is 0.739 bits per heavy atom. The number of hydrogen-bond donors (Lipinski definition) is 11. The molecule has 0 radical (unpaired) electrons. The Bertz CT molecular complexity index is 3470. The zero-order valence-corrected chi connectivity index (χ0v) is 99.8. The van der Waals surface area contributed by atoms with Crippen molar-refractivity contribution >= 4 is 75.7 Å². The maximum absolute atomic E-state index is 12.5. The van der Waals surface area contributed by atoms with Gasteiger partial charge in [-0.05, 0) is 171 Å². The topological polar surface area (TPSA) is 386 Å². The van der Waals surface area contributed by atoms with Gasteiger partial charge in [-0.1, -0.05) is 277 Å². The molecule has 3 saturated heterocycles. The van der Waals surface area contributed by atoms with Crippen LogP contribution in [0.5, 0.6) is 0 Å². The molecule has 3 aliphatic rings. The molecular formula is C115H231N13O14. The second kappa shape index (κ2) is 76.1. The van der Waals surface area contributed by atoms with Crippen LogP contribution in [0.3, 0.4) is 0 Å². The number of hydrogen-bond acceptors (Lipinski definition) is 23. The van der Waals surface area contributed by atoms with Crippen LogP contribution >= 0.6 is 0 Å². The van der Waals surface area contributed by atoms with Gasteiger partial charge < -0.3 is 68.5 Å². The Morgan fingerprint density at radius 1 is 0.352 bits per heavy atom. The highest BCUT2D eigenvalue weighted by molar-refractivity contribution is 5.95. The van der Waals surface area contributed by atoms with Crippen LogP contribution in [0.1, 0.15) is 429 Å². The Hall–Kier alpha value is -5.49. The molecule has 1 unspecified atom stereocenters. The Kier molecular flexibility index (Phi) is 80.1. The van der Waals surface area contributed by atoms with E-state index >= 15 is 0 Å². The fourth-order valence-electron chi connectivity index (χ4n) is 15.0. The largest absolute Gasteiger partial charge is 0.481 e. The van der Waals surface area contributed by atoms with E-state index in [0.29, 0.717) is 121 Å². The first-order valence-electron chi connectivity index (χ1n) is 54.4. The van der Waals surface area contributed by atoms with Crippen LogP contribution < -0.4 is 53.6 Å². The van der Waals surface area contributed by atoms with Gasteiger partial charge in [-0.3, -0.25) is 67.2 Å². The van der Waals surface area contributed by atoms with Crippen LogP contribution in [0, 0.1) is 80.3 Å². The Balaban J connectivity index is -0.000000291. The number of aliphatic carboxylic acids is 1. The Morgan fingerprint density at radius 3 is 1.08 bits per heavy atom. The van der Waals surface area contributed by atoms with Crippen LogP contribution in [0.25, 0.3) is 0 Å². The normalized spacial score (nSPS) is 15.7. The lowest BCUT2D eigenvalue weighted by atomic mass is 9.79. The third kappa shape index (κ3) is 75.2. The number of carboxylic acid groups (broad SMARTS) is 1. The van der Waals surface area contributed by atoms with Crippen molar-refractivity contribution in [1.82, 2.24) is 62.6 Å². The van der Waals surface area contributed by atoms with Gasteiger partial charge in [0.25, 0.3) is 0 Å². The van der Waals surface area contributed by atoms with Crippen molar-refractivity contribution in [3.8, 4) is 0 Å². The summed E-state index contributed by atoms with van der Waals surface area (Å²) in [4.78, 5) is 161. The minimum Gasteiger partial charge on any atom is -0.481 e. The van der Waals surface area contributed by atoms with E-state index in [1.807, 2.05) is 208 Å². The Labute approximate surface area is 872 Å². The van der Waals surface area contributed by atoms with E-state index < -0.39 is 34.9 Å². The van der Waals surface area contributed by atoms with Crippen molar-refractivity contribution < 1.29 is 67.4 Å². The van der Waals surface area contributed by atoms with E-state index in [4.69, 9.17) is 10.8 Å². The highest BCUT2D eigenvalue weighted by Crippen LogP contribution is 2.31. The molecule has 3 amide bonds. The third-order valence-corrected chi connectivity index (χ3v) is 24.4. The number of ketones is 9. The number of Topliss-reactive ketones (excluding diaryl/α,β-unsaturated/α-hetero) is 9. The van der Waals surface area contributed by atoms with Crippen LogP contribution in [0.4, 0.5) is 0 Å². The fraction of sp³-hybridized carbons (Fsp3) is 0.887. The van der Waals surface area contributed by atoms with E-state index in [1.165, 1.54) is 0 Å². The molecule has 0 aromatic carbocycles. The van der Waals surface area contributed by atoms with E-state index in [-0.39, 0.29) is 137 Å². The first-order chi connectivity index (χ1) is 64.1. The van der Waals surface area contributed by atoms with Gasteiger partial charge in [0.05, 0.1) is 30.2 Å². The molecule has 0 aliphatic carbocycles. The SMILES string of the molecule is C.CC(C)C(=O)C1CCN(C(C)C)C1.CC(C)C(=O)C1CN(C(C)(C)C)C1.CC(C)N1CCC(C(=O)C(C)(C)C)CC1.CC(C)NCCC(=O)C(C)(C)C.CC(C)NCCC(=O)N[C@@H](CCCCN)C(=O)C(C)C.CC(C)NCCCC(=O)C(C)C.CC(C)NCCCCC(=O)C(C)(C)C.CC(C)N[C@H](C(=O)N[C@@H](C)C(=O)C(C)(C)C)C(C)C.CC(C)N[C@H](C(=O)N[C@@H](CCC(=O)O)C(=O)C(C)(C)C)C(C)C. The van der Waals surface area contributed by atoms with Gasteiger partial charge in [-0.2, -0.15) is 0 Å². The first kappa shape index (κ1) is 149. The number of unbranched alkanes of at least 4 members (excludes halogenated alkanes) is 2. The minimum absolute atomic E-state index is 0. The molecule has 142 heavy (non-hydrogen) atoms. The number of likely N-dealkylation sites (tertiary alicyclic amines) is 3. The minimum atomic E-state index is -0.980. The molecule has 840 valence electrons. The molecule has 3 heterocycles. The van der Waals surface area contributed by atoms with Gasteiger partial charge in [0.15, 0.2) is 17.3 Å². The lowest BCUT2D eigenvalue weighted by Crippen LogP contribution is -2.58.